The van der Waals surface area contributed by atoms with Gasteiger partial charge in [0.2, 0.25) is 5.91 Å². The third-order valence-corrected chi connectivity index (χ3v) is 5.02. The van der Waals surface area contributed by atoms with Crippen LogP contribution in [0.2, 0.25) is 0 Å². The molecule has 3 heterocycles. The smallest absolute Gasteiger partial charge is 0.224 e. The highest BCUT2D eigenvalue weighted by atomic mass is 35.5. The van der Waals surface area contributed by atoms with Crippen LogP contribution < -0.4 is 15.4 Å². The van der Waals surface area contributed by atoms with E-state index < -0.39 is 0 Å². The number of anilines is 1. The maximum Gasteiger partial charge on any atom is 0.224 e. The zero-order chi connectivity index (χ0) is 14.2. The van der Waals surface area contributed by atoms with Crippen LogP contribution in [0.1, 0.15) is 37.7 Å². The van der Waals surface area contributed by atoms with Gasteiger partial charge in [0.1, 0.15) is 5.75 Å². The van der Waals surface area contributed by atoms with Crippen LogP contribution in [0, 0.1) is 5.92 Å². The van der Waals surface area contributed by atoms with Gasteiger partial charge in [0, 0.05) is 30.6 Å². The van der Waals surface area contributed by atoms with Gasteiger partial charge in [-0.1, -0.05) is 0 Å². The maximum absolute atomic E-state index is 12.3. The molecular weight excluding hydrogens is 300 g/mol. The lowest BCUT2D eigenvalue weighted by molar-refractivity contribution is -0.117. The zero-order valence-corrected chi connectivity index (χ0v) is 13.5. The van der Waals surface area contributed by atoms with E-state index in [1.165, 1.54) is 18.4 Å². The Hall–Kier alpha value is -1.26. The molecule has 3 aliphatic rings. The van der Waals surface area contributed by atoms with Crippen molar-refractivity contribution in [2.24, 2.45) is 5.92 Å². The van der Waals surface area contributed by atoms with E-state index in [0.29, 0.717) is 24.4 Å². The molecule has 0 aromatic heterocycles. The topological polar surface area (TPSA) is 50.4 Å². The Morgan fingerprint density at radius 1 is 1.27 bits per heavy atom. The quantitative estimate of drug-likeness (QED) is 0.899. The summed E-state index contributed by atoms with van der Waals surface area (Å²) in [6, 6.07) is 7.25. The number of rotatable bonds is 3. The van der Waals surface area contributed by atoms with Crippen LogP contribution in [0.25, 0.3) is 0 Å². The van der Waals surface area contributed by atoms with Crippen LogP contribution in [0.4, 0.5) is 5.69 Å². The molecule has 0 saturated carbocycles. The molecule has 1 amide bonds. The van der Waals surface area contributed by atoms with Gasteiger partial charge < -0.3 is 15.4 Å². The van der Waals surface area contributed by atoms with Crippen molar-refractivity contribution < 1.29 is 9.53 Å². The van der Waals surface area contributed by atoms with Crippen molar-refractivity contribution in [3.63, 3.8) is 0 Å². The van der Waals surface area contributed by atoms with Crippen LogP contribution in [0.15, 0.2) is 18.2 Å². The SMILES string of the molecule is Cl.O=C(CC1CC2CCC(C1)N2)Nc1ccc2c(c1)CCO2. The fraction of sp³-hybridized carbons (Fsp3) is 0.588. The highest BCUT2D eigenvalue weighted by molar-refractivity contribution is 5.91. The first-order valence-corrected chi connectivity index (χ1v) is 8.08. The molecule has 1 aromatic carbocycles. The van der Waals surface area contributed by atoms with Crippen LogP contribution in [-0.2, 0) is 11.2 Å². The minimum atomic E-state index is 0. The van der Waals surface area contributed by atoms with Crippen molar-refractivity contribution in [1.82, 2.24) is 5.32 Å². The summed E-state index contributed by atoms with van der Waals surface area (Å²) in [6.07, 6.45) is 6.48. The van der Waals surface area contributed by atoms with Crippen molar-refractivity contribution in [3.8, 4) is 5.75 Å². The summed E-state index contributed by atoms with van der Waals surface area (Å²) in [7, 11) is 0. The molecule has 2 fully saturated rings. The van der Waals surface area contributed by atoms with Crippen LogP contribution in [0.5, 0.6) is 5.75 Å². The Balaban J connectivity index is 0.00000144. The molecule has 120 valence electrons. The van der Waals surface area contributed by atoms with Gasteiger partial charge in [-0.25, -0.2) is 0 Å². The lowest BCUT2D eigenvalue weighted by Crippen LogP contribution is -2.39. The lowest BCUT2D eigenvalue weighted by Gasteiger charge is -2.28. The normalized spacial score (nSPS) is 28.5. The summed E-state index contributed by atoms with van der Waals surface area (Å²) in [5.74, 6) is 1.66. The number of hydrogen-bond acceptors (Lipinski definition) is 3. The highest BCUT2D eigenvalue weighted by Crippen LogP contribution is 2.33. The molecule has 5 heteroatoms. The van der Waals surface area contributed by atoms with Gasteiger partial charge in [-0.3, -0.25) is 4.79 Å². The van der Waals surface area contributed by atoms with Gasteiger partial charge in [0.05, 0.1) is 6.61 Å². The molecule has 2 N–H and O–H groups in total. The van der Waals surface area contributed by atoms with E-state index in [9.17, 15) is 4.79 Å². The van der Waals surface area contributed by atoms with Gasteiger partial charge in [-0.05, 0) is 55.4 Å². The monoisotopic (exact) mass is 322 g/mol. The predicted octanol–water partition coefficient (Wildman–Crippen LogP) is 2.90. The fourth-order valence-electron chi connectivity index (χ4n) is 4.08. The molecule has 2 bridgehead atoms. The van der Waals surface area contributed by atoms with E-state index >= 15 is 0 Å². The first-order valence-electron chi connectivity index (χ1n) is 8.08. The number of carbonyl (C=O) groups is 1. The maximum atomic E-state index is 12.3. The zero-order valence-electron chi connectivity index (χ0n) is 12.6. The van der Waals surface area contributed by atoms with Crippen molar-refractivity contribution in [2.75, 3.05) is 11.9 Å². The number of fused-ring (bicyclic) bond motifs is 3. The van der Waals surface area contributed by atoms with E-state index in [4.69, 9.17) is 4.74 Å². The van der Waals surface area contributed by atoms with Crippen molar-refractivity contribution in [3.05, 3.63) is 23.8 Å². The van der Waals surface area contributed by atoms with Crippen molar-refractivity contribution in [2.45, 2.75) is 50.6 Å². The second-order valence-corrected chi connectivity index (χ2v) is 6.65. The Morgan fingerprint density at radius 3 is 2.82 bits per heavy atom. The molecule has 1 aromatic rings. The molecule has 22 heavy (non-hydrogen) atoms. The Bertz CT molecular complexity index is 552. The van der Waals surface area contributed by atoms with Gasteiger partial charge in [0.25, 0.3) is 0 Å². The number of benzene rings is 1. The predicted molar refractivity (Wildman–Crippen MR) is 88.8 cm³/mol. The summed E-state index contributed by atoms with van der Waals surface area (Å²) in [5, 5.41) is 6.68. The number of carbonyl (C=O) groups excluding carboxylic acids is 1. The molecule has 4 nitrogen and oxygen atoms in total. The third kappa shape index (κ3) is 3.23. The molecule has 3 aliphatic heterocycles. The van der Waals surface area contributed by atoms with Crippen LogP contribution in [0.3, 0.4) is 0 Å². The van der Waals surface area contributed by atoms with Crippen LogP contribution >= 0.6 is 12.4 Å². The fourth-order valence-corrected chi connectivity index (χ4v) is 4.08. The average molecular weight is 323 g/mol. The number of nitrogens with one attached hydrogen (secondary N) is 2. The van der Waals surface area contributed by atoms with Gasteiger partial charge in [-0.15, -0.1) is 12.4 Å². The van der Waals surface area contributed by atoms with Crippen molar-refractivity contribution in [1.29, 1.82) is 0 Å². The van der Waals surface area contributed by atoms with Gasteiger partial charge >= 0.3 is 0 Å². The van der Waals surface area contributed by atoms with E-state index in [-0.39, 0.29) is 18.3 Å². The Morgan fingerprint density at radius 2 is 2.05 bits per heavy atom. The first-order chi connectivity index (χ1) is 10.3. The lowest BCUT2D eigenvalue weighted by atomic mass is 9.89. The van der Waals surface area contributed by atoms with E-state index in [0.717, 1.165) is 37.3 Å². The minimum Gasteiger partial charge on any atom is -0.493 e. The summed E-state index contributed by atoms with van der Waals surface area (Å²) >= 11 is 0. The number of hydrogen-bond donors (Lipinski definition) is 2. The molecule has 2 atom stereocenters. The second kappa shape index (κ2) is 6.47. The highest BCUT2D eigenvalue weighted by Gasteiger charge is 2.34. The van der Waals surface area contributed by atoms with E-state index in [2.05, 4.69) is 10.6 Å². The minimum absolute atomic E-state index is 0. The standard InChI is InChI=1S/C17H22N2O2.ClH/c20-17(9-11-7-13-1-2-14(8-11)18-13)19-15-3-4-16-12(10-15)5-6-21-16;/h3-4,10-11,13-14,18H,1-2,5-9H2,(H,19,20);1H. The van der Waals surface area contributed by atoms with Crippen LogP contribution in [-0.4, -0.2) is 24.6 Å². The molecule has 0 aliphatic carbocycles. The summed E-state index contributed by atoms with van der Waals surface area (Å²) < 4.78 is 5.49. The number of piperidine rings is 1. The first kappa shape index (κ1) is 15.6. The van der Waals surface area contributed by atoms with E-state index in [1.54, 1.807) is 0 Å². The summed E-state index contributed by atoms with van der Waals surface area (Å²) in [4.78, 5) is 12.3. The average Bonchev–Trinajstić information content (AvgIpc) is 3.04. The summed E-state index contributed by atoms with van der Waals surface area (Å²) in [6.45, 7) is 0.755. The molecule has 4 rings (SSSR count). The van der Waals surface area contributed by atoms with Crippen molar-refractivity contribution >= 4 is 24.0 Å². The molecule has 0 spiro atoms. The summed E-state index contributed by atoms with van der Waals surface area (Å²) in [5.41, 5.74) is 2.11. The molecule has 2 unspecified atom stereocenters. The number of ether oxygens (including phenoxy) is 1. The van der Waals surface area contributed by atoms with Gasteiger partial charge in [-0.2, -0.15) is 0 Å². The Kier molecular flexibility index (Phi) is 4.59. The third-order valence-electron chi connectivity index (χ3n) is 5.02. The van der Waals surface area contributed by atoms with Gasteiger partial charge in [0.15, 0.2) is 0 Å². The second-order valence-electron chi connectivity index (χ2n) is 6.65. The molecular formula is C17H23ClN2O2. The Labute approximate surface area is 137 Å². The molecule has 2 saturated heterocycles. The number of amides is 1. The largest absolute Gasteiger partial charge is 0.493 e. The molecule has 0 radical (unpaired) electrons. The number of halogens is 1. The van der Waals surface area contributed by atoms with E-state index in [1.807, 2.05) is 18.2 Å².